The molecule has 0 aromatic carbocycles. The van der Waals surface area contributed by atoms with Crippen LogP contribution in [0.2, 0.25) is 0 Å². The summed E-state index contributed by atoms with van der Waals surface area (Å²) in [6, 6.07) is 4.23. The predicted octanol–water partition coefficient (Wildman–Crippen LogP) is 3.47. The molecule has 0 radical (unpaired) electrons. The molecule has 108 valence electrons. The van der Waals surface area contributed by atoms with E-state index in [4.69, 9.17) is 10.5 Å². The first-order valence-electron chi connectivity index (χ1n) is 6.96. The summed E-state index contributed by atoms with van der Waals surface area (Å²) in [4.78, 5) is 6.84. The average molecular weight is 265 g/mol. The first-order chi connectivity index (χ1) is 8.74. The molecule has 0 saturated heterocycles. The normalized spacial score (nSPS) is 11.7. The summed E-state index contributed by atoms with van der Waals surface area (Å²) in [6.07, 6.45) is 1.08. The molecule has 4 nitrogen and oxygen atoms in total. The van der Waals surface area contributed by atoms with Gasteiger partial charge in [0, 0.05) is 12.6 Å². The topological polar surface area (TPSA) is 51.4 Å². The van der Waals surface area contributed by atoms with E-state index in [0.29, 0.717) is 17.6 Å². The van der Waals surface area contributed by atoms with Crippen LogP contribution in [0.1, 0.15) is 48.0 Å². The number of nitrogens with zero attached hydrogens (tertiary/aromatic N) is 2. The van der Waals surface area contributed by atoms with Crippen molar-refractivity contribution in [2.75, 3.05) is 17.2 Å². The van der Waals surface area contributed by atoms with E-state index >= 15 is 0 Å². The van der Waals surface area contributed by atoms with Crippen LogP contribution in [0, 0.1) is 0 Å². The van der Waals surface area contributed by atoms with Crippen LogP contribution in [0.3, 0.4) is 0 Å². The monoisotopic (exact) mass is 265 g/mol. The van der Waals surface area contributed by atoms with E-state index in [2.05, 4.69) is 30.7 Å². The number of ether oxygens (including phenoxy) is 1. The zero-order valence-electron chi connectivity index (χ0n) is 13.0. The fourth-order valence-corrected chi connectivity index (χ4v) is 1.85. The Balaban J connectivity index is 3.06. The van der Waals surface area contributed by atoms with E-state index in [9.17, 15) is 0 Å². The van der Waals surface area contributed by atoms with Crippen molar-refractivity contribution in [3.8, 4) is 5.88 Å². The highest BCUT2D eigenvalue weighted by Gasteiger charge is 2.18. The molecular formula is C15H27N3O. The van der Waals surface area contributed by atoms with Crippen molar-refractivity contribution in [2.24, 2.45) is 0 Å². The van der Waals surface area contributed by atoms with Gasteiger partial charge in [-0.2, -0.15) is 4.98 Å². The van der Waals surface area contributed by atoms with E-state index in [0.717, 1.165) is 18.8 Å². The van der Waals surface area contributed by atoms with Crippen LogP contribution in [0.15, 0.2) is 12.1 Å². The molecule has 2 N–H and O–H groups in total. The van der Waals surface area contributed by atoms with Gasteiger partial charge >= 0.3 is 0 Å². The molecule has 0 fully saturated rings. The van der Waals surface area contributed by atoms with Gasteiger partial charge in [0.25, 0.3) is 0 Å². The van der Waals surface area contributed by atoms with E-state index < -0.39 is 0 Å². The summed E-state index contributed by atoms with van der Waals surface area (Å²) in [5.41, 5.74) is 6.22. The first-order valence-corrected chi connectivity index (χ1v) is 6.96. The molecule has 19 heavy (non-hydrogen) atoms. The summed E-state index contributed by atoms with van der Waals surface area (Å²) in [6.45, 7) is 13.5. The highest BCUT2D eigenvalue weighted by molar-refractivity contribution is 5.55. The number of pyridine rings is 1. The maximum Gasteiger partial charge on any atom is 0.239 e. The second kappa shape index (κ2) is 6.13. The van der Waals surface area contributed by atoms with Crippen LogP contribution < -0.4 is 15.4 Å². The third-order valence-corrected chi connectivity index (χ3v) is 2.66. The molecule has 0 saturated carbocycles. The molecule has 1 heterocycles. The summed E-state index contributed by atoms with van der Waals surface area (Å²) in [5, 5.41) is 0. The molecular weight excluding hydrogens is 238 g/mol. The van der Waals surface area contributed by atoms with Crippen LogP contribution >= 0.6 is 0 Å². The third-order valence-electron chi connectivity index (χ3n) is 2.66. The first kappa shape index (κ1) is 15.6. The summed E-state index contributed by atoms with van der Waals surface area (Å²) in [7, 11) is 0. The molecule has 0 unspecified atom stereocenters. The third kappa shape index (κ3) is 4.62. The number of anilines is 2. The smallest absolute Gasteiger partial charge is 0.239 e. The van der Waals surface area contributed by atoms with Crippen molar-refractivity contribution in [3.05, 3.63) is 12.1 Å². The van der Waals surface area contributed by atoms with Crippen molar-refractivity contribution < 1.29 is 4.74 Å². The zero-order chi connectivity index (χ0) is 14.6. The summed E-state index contributed by atoms with van der Waals surface area (Å²) in [5.74, 6) is 1.44. The van der Waals surface area contributed by atoms with Crippen molar-refractivity contribution in [1.29, 1.82) is 0 Å². The van der Waals surface area contributed by atoms with Crippen LogP contribution in [0.5, 0.6) is 5.88 Å². The van der Waals surface area contributed by atoms with Crippen molar-refractivity contribution >= 4 is 11.5 Å². The molecule has 4 heteroatoms. The van der Waals surface area contributed by atoms with Crippen molar-refractivity contribution in [3.63, 3.8) is 0 Å². The molecule has 0 spiro atoms. The number of nitrogen functional groups attached to an aromatic ring is 1. The average Bonchev–Trinajstić information content (AvgIpc) is 2.27. The summed E-state index contributed by atoms with van der Waals surface area (Å²) >= 11 is 0. The van der Waals surface area contributed by atoms with E-state index in [1.165, 1.54) is 0 Å². The van der Waals surface area contributed by atoms with Gasteiger partial charge < -0.3 is 15.4 Å². The van der Waals surface area contributed by atoms with Gasteiger partial charge in [-0.3, -0.25) is 0 Å². The van der Waals surface area contributed by atoms with E-state index in [1.807, 2.05) is 32.9 Å². The van der Waals surface area contributed by atoms with Crippen LogP contribution in [0.4, 0.5) is 11.5 Å². The number of nitrogens with two attached hydrogens (primary N) is 1. The second-order valence-electron chi connectivity index (χ2n) is 6.07. The van der Waals surface area contributed by atoms with Crippen molar-refractivity contribution in [2.45, 2.75) is 59.6 Å². The zero-order valence-corrected chi connectivity index (χ0v) is 13.0. The molecule has 0 amide bonds. The van der Waals surface area contributed by atoms with Gasteiger partial charge in [0.15, 0.2) is 0 Å². The lowest BCUT2D eigenvalue weighted by atomic mass is 10.2. The Bertz CT molecular complexity index is 410. The molecule has 1 rings (SSSR count). The van der Waals surface area contributed by atoms with Gasteiger partial charge in [-0.05, 0) is 53.2 Å². The largest absolute Gasteiger partial charge is 0.470 e. The molecule has 0 bridgehead atoms. The van der Waals surface area contributed by atoms with Gasteiger partial charge in [-0.15, -0.1) is 0 Å². The quantitative estimate of drug-likeness (QED) is 0.885. The Morgan fingerprint density at radius 1 is 1.32 bits per heavy atom. The van der Waals surface area contributed by atoms with Crippen LogP contribution in [0.25, 0.3) is 0 Å². The van der Waals surface area contributed by atoms with E-state index in [1.54, 1.807) is 0 Å². The highest BCUT2D eigenvalue weighted by Crippen LogP contribution is 2.27. The van der Waals surface area contributed by atoms with Gasteiger partial charge in [-0.25, -0.2) is 0 Å². The molecule has 1 aromatic heterocycles. The summed E-state index contributed by atoms with van der Waals surface area (Å²) < 4.78 is 5.82. The number of aromatic nitrogens is 1. The highest BCUT2D eigenvalue weighted by atomic mass is 16.5. The van der Waals surface area contributed by atoms with Gasteiger partial charge in [0.1, 0.15) is 11.4 Å². The minimum Gasteiger partial charge on any atom is -0.470 e. The van der Waals surface area contributed by atoms with Crippen LogP contribution in [-0.2, 0) is 0 Å². The second-order valence-corrected chi connectivity index (χ2v) is 6.07. The Kier molecular flexibility index (Phi) is 5.04. The fourth-order valence-electron chi connectivity index (χ4n) is 1.85. The van der Waals surface area contributed by atoms with E-state index in [-0.39, 0.29) is 5.60 Å². The lowest BCUT2D eigenvalue weighted by molar-refractivity contribution is 0.125. The predicted molar refractivity (Wildman–Crippen MR) is 81.8 cm³/mol. The standard InChI is InChI=1S/C15H27N3O/c1-7-10-18(11(2)3)13-9-8-12(16)14(17-13)19-15(4,5)6/h8-9,11H,7,10,16H2,1-6H3. The minimum absolute atomic E-state index is 0.298. The van der Waals surface area contributed by atoms with Crippen LogP contribution in [-0.4, -0.2) is 23.2 Å². The lowest BCUT2D eigenvalue weighted by Crippen LogP contribution is -2.32. The minimum atomic E-state index is -0.298. The fraction of sp³-hybridized carbons (Fsp3) is 0.667. The Labute approximate surface area is 117 Å². The number of rotatable bonds is 5. The maximum atomic E-state index is 5.94. The van der Waals surface area contributed by atoms with Gasteiger partial charge in [0.2, 0.25) is 5.88 Å². The number of hydrogen-bond acceptors (Lipinski definition) is 4. The Hall–Kier alpha value is -1.45. The maximum absolute atomic E-state index is 5.94. The van der Waals surface area contributed by atoms with Gasteiger partial charge in [0.05, 0.1) is 5.69 Å². The lowest BCUT2D eigenvalue weighted by Gasteiger charge is -2.29. The number of hydrogen-bond donors (Lipinski definition) is 1. The molecule has 0 atom stereocenters. The Morgan fingerprint density at radius 2 is 1.95 bits per heavy atom. The molecule has 0 aliphatic rings. The molecule has 0 aliphatic heterocycles. The Morgan fingerprint density at radius 3 is 2.42 bits per heavy atom. The molecule has 0 aliphatic carbocycles. The SMILES string of the molecule is CCCN(c1ccc(N)c(OC(C)(C)C)n1)C(C)C. The van der Waals surface area contributed by atoms with Gasteiger partial charge in [-0.1, -0.05) is 6.92 Å². The van der Waals surface area contributed by atoms with Crippen molar-refractivity contribution in [1.82, 2.24) is 4.98 Å². The molecule has 1 aromatic rings.